The summed E-state index contributed by atoms with van der Waals surface area (Å²) < 4.78 is 13.6. The predicted octanol–water partition coefficient (Wildman–Crippen LogP) is 6.77. The van der Waals surface area contributed by atoms with Crippen LogP contribution in [0.15, 0.2) is 103 Å². The van der Waals surface area contributed by atoms with Gasteiger partial charge in [0.25, 0.3) is 0 Å². The van der Waals surface area contributed by atoms with E-state index >= 15 is 0 Å². The number of amides is 5. The number of aliphatic hydroxyl groups is 1. The van der Waals surface area contributed by atoms with E-state index in [4.69, 9.17) is 0 Å². The minimum absolute atomic E-state index is 0.00738. The summed E-state index contributed by atoms with van der Waals surface area (Å²) in [5.41, 5.74) is 2.73. The van der Waals surface area contributed by atoms with E-state index in [2.05, 4.69) is 15.6 Å². The molecule has 1 aromatic heterocycles. The quantitative estimate of drug-likeness (QED) is 0.0973. The molecule has 5 amide bonds. The maximum absolute atomic E-state index is 14.6. The summed E-state index contributed by atoms with van der Waals surface area (Å²) in [4.78, 5) is 63.3. The molecular formula is C47H59FN6O6. The average Bonchev–Trinajstić information content (AvgIpc) is 3.53. The van der Waals surface area contributed by atoms with E-state index < -0.39 is 59.0 Å². The maximum atomic E-state index is 14.6. The van der Waals surface area contributed by atoms with Crippen LogP contribution >= 0.6 is 0 Å². The van der Waals surface area contributed by atoms with E-state index in [1.54, 1.807) is 48.9 Å². The fraction of sp³-hybridized carbons (Fsp3) is 0.426. The monoisotopic (exact) mass is 822 g/mol. The van der Waals surface area contributed by atoms with Crippen LogP contribution in [0.5, 0.6) is 0 Å². The number of nitrogens with zero attached hydrogens (tertiary/aromatic N) is 4. The molecule has 0 aliphatic carbocycles. The number of urea groups is 1. The number of benzene rings is 3. The van der Waals surface area contributed by atoms with Gasteiger partial charge in [0.05, 0.1) is 17.8 Å². The van der Waals surface area contributed by atoms with E-state index in [9.17, 15) is 33.8 Å². The van der Waals surface area contributed by atoms with Gasteiger partial charge in [-0.25, -0.2) is 14.0 Å². The first kappa shape index (κ1) is 45.3. The van der Waals surface area contributed by atoms with Gasteiger partial charge in [0.15, 0.2) is 0 Å². The van der Waals surface area contributed by atoms with E-state index in [1.165, 1.54) is 19.2 Å². The van der Waals surface area contributed by atoms with Crippen LogP contribution in [0.1, 0.15) is 64.7 Å². The fourth-order valence-electron chi connectivity index (χ4n) is 8.03. The Balaban J connectivity index is 1.42. The standard InChI is InChI=1S/C47H59FN6O6/c1-46(2,3)40(52(7)45(59)60)42(56)50-36(27-32-16-20-34(21-17-32)37-15-11-12-24-49-37)29-39(55)38(28-31-13-9-8-10-14-31)51-43(57)41(47(4,5)6)54-26-25-53(44(54)58)30-33-18-22-35(48)23-19-33/h8-24,36,38-41,55H,25-30H2,1-7H3,(H,50,56)(H,51,57)(H,59,60)/t36-,38-,39-,40+,41+/m0/s1. The van der Waals surface area contributed by atoms with Crippen molar-refractivity contribution in [2.24, 2.45) is 10.8 Å². The van der Waals surface area contributed by atoms with E-state index in [0.29, 0.717) is 19.5 Å². The van der Waals surface area contributed by atoms with Crippen molar-refractivity contribution in [1.29, 1.82) is 0 Å². The number of hydrogen-bond donors (Lipinski definition) is 4. The Bertz CT molecular complexity index is 2050. The lowest BCUT2D eigenvalue weighted by atomic mass is 9.84. The van der Waals surface area contributed by atoms with Crippen LogP contribution in [0.2, 0.25) is 0 Å². The first-order valence-corrected chi connectivity index (χ1v) is 20.4. The molecule has 0 bridgehead atoms. The number of hydrogen-bond acceptors (Lipinski definition) is 6. The highest BCUT2D eigenvalue weighted by molar-refractivity contribution is 5.89. The molecule has 4 N–H and O–H groups in total. The van der Waals surface area contributed by atoms with Crippen molar-refractivity contribution in [3.63, 3.8) is 0 Å². The van der Waals surface area contributed by atoms with Crippen molar-refractivity contribution in [2.45, 2.75) is 97.6 Å². The molecule has 0 unspecified atom stereocenters. The largest absolute Gasteiger partial charge is 0.465 e. The molecule has 1 fully saturated rings. The number of rotatable bonds is 16. The normalized spacial score (nSPS) is 15.8. The van der Waals surface area contributed by atoms with Gasteiger partial charge in [-0.1, -0.05) is 114 Å². The van der Waals surface area contributed by atoms with Crippen molar-refractivity contribution in [1.82, 2.24) is 30.3 Å². The van der Waals surface area contributed by atoms with Crippen LogP contribution in [-0.4, -0.2) is 104 Å². The van der Waals surface area contributed by atoms with Gasteiger partial charge in [-0.2, -0.15) is 0 Å². The first-order valence-electron chi connectivity index (χ1n) is 20.4. The summed E-state index contributed by atoms with van der Waals surface area (Å²) in [6.07, 6.45) is -0.169. The minimum Gasteiger partial charge on any atom is -0.465 e. The third kappa shape index (κ3) is 11.9. The molecule has 3 aromatic carbocycles. The number of pyridine rings is 1. The summed E-state index contributed by atoms with van der Waals surface area (Å²) >= 11 is 0. The van der Waals surface area contributed by atoms with Crippen LogP contribution in [0, 0.1) is 16.6 Å². The zero-order valence-corrected chi connectivity index (χ0v) is 35.6. The third-order valence-corrected chi connectivity index (χ3v) is 10.9. The Morgan fingerprint density at radius 3 is 1.98 bits per heavy atom. The number of nitrogens with one attached hydrogen (secondary N) is 2. The number of carbonyl (C=O) groups excluding carboxylic acids is 3. The van der Waals surface area contributed by atoms with Gasteiger partial charge < -0.3 is 30.6 Å². The zero-order chi connectivity index (χ0) is 43.8. The SMILES string of the molecule is CN(C(=O)O)[C@H](C(=O)N[C@@H](Cc1ccc(-c2ccccn2)cc1)C[C@H](O)[C@H](Cc1ccccc1)NC(=O)[C@@H](N1CCN(Cc2ccc(F)cc2)C1=O)C(C)(C)C)C(C)(C)C. The second kappa shape index (κ2) is 19.5. The number of aliphatic hydroxyl groups excluding tert-OH is 1. The lowest BCUT2D eigenvalue weighted by Gasteiger charge is -2.38. The molecule has 4 aromatic rings. The Hall–Kier alpha value is -5.82. The van der Waals surface area contributed by atoms with Crippen LogP contribution in [0.25, 0.3) is 11.3 Å². The molecule has 0 saturated carbocycles. The molecule has 1 saturated heterocycles. The van der Waals surface area contributed by atoms with E-state index in [0.717, 1.165) is 32.8 Å². The predicted molar refractivity (Wildman–Crippen MR) is 229 cm³/mol. The fourth-order valence-corrected chi connectivity index (χ4v) is 8.03. The summed E-state index contributed by atoms with van der Waals surface area (Å²) in [7, 11) is 1.36. The zero-order valence-electron chi connectivity index (χ0n) is 35.6. The molecule has 13 heteroatoms. The van der Waals surface area contributed by atoms with Crippen molar-refractivity contribution < 1.29 is 33.8 Å². The van der Waals surface area contributed by atoms with Gasteiger partial charge in [-0.05, 0) is 71.0 Å². The Kier molecular flexibility index (Phi) is 14.7. The van der Waals surface area contributed by atoms with Crippen LogP contribution < -0.4 is 10.6 Å². The Morgan fingerprint density at radius 1 is 0.783 bits per heavy atom. The number of carbonyl (C=O) groups is 4. The molecule has 2 heterocycles. The number of aromatic nitrogens is 1. The maximum Gasteiger partial charge on any atom is 0.407 e. The van der Waals surface area contributed by atoms with Crippen LogP contribution in [0.3, 0.4) is 0 Å². The van der Waals surface area contributed by atoms with Crippen molar-refractivity contribution >= 4 is 23.9 Å². The van der Waals surface area contributed by atoms with Gasteiger partial charge >= 0.3 is 12.1 Å². The summed E-state index contributed by atoms with van der Waals surface area (Å²) in [6, 6.07) is 25.0. The average molecular weight is 823 g/mol. The summed E-state index contributed by atoms with van der Waals surface area (Å²) in [5.74, 6) is -1.31. The molecule has 60 heavy (non-hydrogen) atoms. The molecule has 1 aliphatic rings. The van der Waals surface area contributed by atoms with Crippen LogP contribution in [-0.2, 0) is 29.0 Å². The molecule has 0 radical (unpaired) electrons. The van der Waals surface area contributed by atoms with Gasteiger partial charge in [-0.3, -0.25) is 19.5 Å². The lowest BCUT2D eigenvalue weighted by Crippen LogP contribution is -2.59. The summed E-state index contributed by atoms with van der Waals surface area (Å²) in [6.45, 7) is 12.0. The second-order valence-electron chi connectivity index (χ2n) is 17.9. The number of likely N-dealkylation sites (N-methyl/N-ethyl adjacent to an activating group) is 1. The molecule has 1 aliphatic heterocycles. The molecule has 12 nitrogen and oxygen atoms in total. The Labute approximate surface area is 352 Å². The van der Waals surface area contributed by atoms with Gasteiger partial charge in [-0.15, -0.1) is 0 Å². The first-order chi connectivity index (χ1) is 28.3. The molecule has 5 rings (SSSR count). The highest BCUT2D eigenvalue weighted by Gasteiger charge is 2.45. The van der Waals surface area contributed by atoms with Crippen molar-refractivity contribution in [3.05, 3.63) is 126 Å². The second-order valence-corrected chi connectivity index (χ2v) is 17.9. The van der Waals surface area contributed by atoms with E-state index in [-0.39, 0.29) is 31.2 Å². The highest BCUT2D eigenvalue weighted by Crippen LogP contribution is 2.30. The Morgan fingerprint density at radius 2 is 1.40 bits per heavy atom. The highest BCUT2D eigenvalue weighted by atomic mass is 19.1. The molecule has 5 atom stereocenters. The van der Waals surface area contributed by atoms with Crippen molar-refractivity contribution in [2.75, 3.05) is 20.1 Å². The molecule has 0 spiro atoms. The lowest BCUT2D eigenvalue weighted by molar-refractivity contribution is -0.131. The smallest absolute Gasteiger partial charge is 0.407 e. The number of halogens is 1. The van der Waals surface area contributed by atoms with E-state index in [1.807, 2.05) is 93.6 Å². The summed E-state index contributed by atoms with van der Waals surface area (Å²) in [5, 5.41) is 28.3. The van der Waals surface area contributed by atoms with Crippen molar-refractivity contribution in [3.8, 4) is 11.3 Å². The molecular weight excluding hydrogens is 764 g/mol. The topological polar surface area (TPSA) is 155 Å². The van der Waals surface area contributed by atoms with Crippen LogP contribution in [0.4, 0.5) is 14.0 Å². The minimum atomic E-state index is -1.25. The number of carboxylic acid groups (broad SMARTS) is 1. The third-order valence-electron chi connectivity index (χ3n) is 10.9. The van der Waals surface area contributed by atoms with Gasteiger partial charge in [0, 0.05) is 44.5 Å². The van der Waals surface area contributed by atoms with Gasteiger partial charge in [0.1, 0.15) is 17.9 Å². The van der Waals surface area contributed by atoms with Gasteiger partial charge in [0.2, 0.25) is 11.8 Å². The molecule has 320 valence electrons.